The number of amides is 1. The number of ether oxygens (including phenoxy) is 1. The molecule has 0 unspecified atom stereocenters. The van der Waals surface area contributed by atoms with Gasteiger partial charge in [-0.2, -0.15) is 0 Å². The summed E-state index contributed by atoms with van der Waals surface area (Å²) in [5.74, 6) is 0.531. The van der Waals surface area contributed by atoms with Crippen LogP contribution in [0.5, 0.6) is 5.75 Å². The third-order valence-electron chi connectivity index (χ3n) is 2.59. The Labute approximate surface area is 106 Å². The van der Waals surface area contributed by atoms with Crippen molar-refractivity contribution in [3.05, 3.63) is 60.2 Å². The van der Waals surface area contributed by atoms with E-state index in [4.69, 9.17) is 4.74 Å². The molecule has 0 spiro atoms. The number of anilines is 1. The molecular weight excluding hydrogens is 226 g/mol. The fourth-order valence-electron chi connectivity index (χ4n) is 1.68. The highest BCUT2D eigenvalue weighted by Gasteiger charge is 2.06. The zero-order valence-electron chi connectivity index (χ0n) is 10.2. The third-order valence-corrected chi connectivity index (χ3v) is 2.59. The summed E-state index contributed by atoms with van der Waals surface area (Å²) in [5, 5.41) is 2.75. The van der Waals surface area contributed by atoms with Gasteiger partial charge in [-0.05, 0) is 30.2 Å². The van der Waals surface area contributed by atoms with Crippen LogP contribution in [0.25, 0.3) is 0 Å². The minimum atomic E-state index is -0.470. The Kier molecular flexibility index (Phi) is 3.97. The predicted octanol–water partition coefficient (Wildman–Crippen LogP) is 3.86. The molecule has 2 aromatic carbocycles. The van der Waals surface area contributed by atoms with Gasteiger partial charge in [-0.25, -0.2) is 4.79 Å². The molecule has 1 N–H and O–H groups in total. The van der Waals surface area contributed by atoms with Gasteiger partial charge in [0.05, 0.1) is 0 Å². The summed E-state index contributed by atoms with van der Waals surface area (Å²) < 4.78 is 5.17. The number of carbonyl (C=O) groups is 1. The maximum absolute atomic E-state index is 11.7. The predicted molar refractivity (Wildman–Crippen MR) is 71.9 cm³/mol. The lowest BCUT2D eigenvalue weighted by molar-refractivity contribution is 0.215. The van der Waals surface area contributed by atoms with Crippen LogP contribution >= 0.6 is 0 Å². The highest BCUT2D eigenvalue weighted by molar-refractivity contribution is 5.87. The Morgan fingerprint density at radius 2 is 1.72 bits per heavy atom. The van der Waals surface area contributed by atoms with E-state index in [0.717, 1.165) is 17.7 Å². The molecule has 0 aliphatic heterocycles. The van der Waals surface area contributed by atoms with Gasteiger partial charge in [-0.15, -0.1) is 0 Å². The largest absolute Gasteiger partial charge is 0.417 e. The Morgan fingerprint density at radius 1 is 1.06 bits per heavy atom. The number of carbonyl (C=O) groups excluding carboxylic acids is 1. The maximum atomic E-state index is 11.7. The molecule has 3 heteroatoms. The van der Waals surface area contributed by atoms with Crippen molar-refractivity contribution < 1.29 is 9.53 Å². The molecule has 0 aliphatic rings. The molecule has 3 nitrogen and oxygen atoms in total. The lowest BCUT2D eigenvalue weighted by atomic mass is 10.1. The minimum absolute atomic E-state index is 0.470. The Morgan fingerprint density at radius 3 is 2.44 bits per heavy atom. The zero-order chi connectivity index (χ0) is 12.8. The molecule has 2 aromatic rings. The van der Waals surface area contributed by atoms with Gasteiger partial charge in [-0.1, -0.05) is 43.3 Å². The van der Waals surface area contributed by atoms with E-state index >= 15 is 0 Å². The van der Waals surface area contributed by atoms with E-state index in [9.17, 15) is 4.79 Å². The smallest absolute Gasteiger partial charge is 0.410 e. The number of nitrogens with one attached hydrogen (secondary N) is 1. The van der Waals surface area contributed by atoms with Gasteiger partial charge in [0.15, 0.2) is 0 Å². The van der Waals surface area contributed by atoms with E-state index < -0.39 is 6.09 Å². The van der Waals surface area contributed by atoms with Crippen LogP contribution < -0.4 is 10.1 Å². The average Bonchev–Trinajstić information content (AvgIpc) is 2.40. The fourth-order valence-corrected chi connectivity index (χ4v) is 1.68. The van der Waals surface area contributed by atoms with Crippen LogP contribution in [0.4, 0.5) is 10.5 Å². The topological polar surface area (TPSA) is 38.3 Å². The van der Waals surface area contributed by atoms with Crippen molar-refractivity contribution >= 4 is 11.8 Å². The van der Waals surface area contributed by atoms with Crippen LogP contribution in [0.1, 0.15) is 12.5 Å². The molecule has 18 heavy (non-hydrogen) atoms. The lowest BCUT2D eigenvalue weighted by Crippen LogP contribution is -2.17. The molecule has 0 heterocycles. The van der Waals surface area contributed by atoms with Gasteiger partial charge >= 0.3 is 6.09 Å². The number of aryl methyl sites for hydroxylation is 1. The molecule has 0 atom stereocenters. The normalized spacial score (nSPS) is 9.83. The lowest BCUT2D eigenvalue weighted by Gasteiger charge is -2.09. The van der Waals surface area contributed by atoms with E-state index in [0.29, 0.717) is 5.75 Å². The van der Waals surface area contributed by atoms with E-state index in [1.54, 1.807) is 12.1 Å². The van der Waals surface area contributed by atoms with Gasteiger partial charge in [0.2, 0.25) is 0 Å². The van der Waals surface area contributed by atoms with Gasteiger partial charge in [0.1, 0.15) is 5.75 Å². The first-order chi connectivity index (χ1) is 8.79. The van der Waals surface area contributed by atoms with Crippen LogP contribution in [-0.4, -0.2) is 6.09 Å². The van der Waals surface area contributed by atoms with Crippen molar-refractivity contribution in [2.75, 3.05) is 5.32 Å². The first-order valence-corrected chi connectivity index (χ1v) is 5.91. The zero-order valence-corrected chi connectivity index (χ0v) is 10.2. The van der Waals surface area contributed by atoms with Gasteiger partial charge < -0.3 is 4.74 Å². The second kappa shape index (κ2) is 5.87. The Balaban J connectivity index is 2.03. The van der Waals surface area contributed by atoms with Crippen LogP contribution in [0.3, 0.4) is 0 Å². The standard InChI is InChI=1S/C15H15NO2/c1-2-12-8-6-7-11-14(12)16-15(17)18-13-9-4-3-5-10-13/h3-11H,2H2,1H3,(H,16,17). The van der Waals surface area contributed by atoms with Crippen molar-refractivity contribution in [3.63, 3.8) is 0 Å². The fraction of sp³-hybridized carbons (Fsp3) is 0.133. The van der Waals surface area contributed by atoms with E-state index in [-0.39, 0.29) is 0 Å². The first kappa shape index (κ1) is 12.2. The number of benzene rings is 2. The number of hydrogen-bond donors (Lipinski definition) is 1. The van der Waals surface area contributed by atoms with Crippen molar-refractivity contribution in [3.8, 4) is 5.75 Å². The highest BCUT2D eigenvalue weighted by Crippen LogP contribution is 2.16. The van der Waals surface area contributed by atoms with Crippen LogP contribution in [0.2, 0.25) is 0 Å². The van der Waals surface area contributed by atoms with E-state index in [2.05, 4.69) is 5.32 Å². The van der Waals surface area contributed by atoms with Crippen molar-refractivity contribution in [2.45, 2.75) is 13.3 Å². The van der Waals surface area contributed by atoms with Gasteiger partial charge in [0, 0.05) is 5.69 Å². The summed E-state index contributed by atoms with van der Waals surface area (Å²) in [6, 6.07) is 16.7. The van der Waals surface area contributed by atoms with Crippen LogP contribution in [-0.2, 0) is 6.42 Å². The molecule has 0 radical (unpaired) electrons. The molecule has 0 fully saturated rings. The minimum Gasteiger partial charge on any atom is -0.410 e. The molecule has 0 bridgehead atoms. The molecule has 0 aliphatic carbocycles. The Bertz CT molecular complexity index is 523. The first-order valence-electron chi connectivity index (χ1n) is 5.91. The molecule has 0 aromatic heterocycles. The average molecular weight is 241 g/mol. The molecule has 0 saturated carbocycles. The number of rotatable bonds is 3. The highest BCUT2D eigenvalue weighted by atomic mass is 16.6. The molecule has 0 saturated heterocycles. The van der Waals surface area contributed by atoms with Crippen LogP contribution in [0.15, 0.2) is 54.6 Å². The Hall–Kier alpha value is -2.29. The number of hydrogen-bond acceptors (Lipinski definition) is 2. The summed E-state index contributed by atoms with van der Waals surface area (Å²) in [4.78, 5) is 11.7. The van der Waals surface area contributed by atoms with Crippen LogP contribution in [0, 0.1) is 0 Å². The summed E-state index contributed by atoms with van der Waals surface area (Å²) in [7, 11) is 0. The van der Waals surface area contributed by atoms with Crippen molar-refractivity contribution in [1.29, 1.82) is 0 Å². The molecular formula is C15H15NO2. The summed E-state index contributed by atoms with van der Waals surface area (Å²) in [5.41, 5.74) is 1.88. The SMILES string of the molecule is CCc1ccccc1NC(=O)Oc1ccccc1. The second-order valence-electron chi connectivity index (χ2n) is 3.84. The molecule has 1 amide bonds. The summed E-state index contributed by atoms with van der Waals surface area (Å²) in [6.45, 7) is 2.04. The second-order valence-corrected chi connectivity index (χ2v) is 3.84. The summed E-state index contributed by atoms with van der Waals surface area (Å²) >= 11 is 0. The maximum Gasteiger partial charge on any atom is 0.417 e. The van der Waals surface area contributed by atoms with E-state index in [1.165, 1.54) is 0 Å². The van der Waals surface area contributed by atoms with Crippen molar-refractivity contribution in [1.82, 2.24) is 0 Å². The summed E-state index contributed by atoms with van der Waals surface area (Å²) in [6.07, 6.45) is 0.393. The number of para-hydroxylation sites is 2. The molecule has 2 rings (SSSR count). The van der Waals surface area contributed by atoms with E-state index in [1.807, 2.05) is 49.4 Å². The monoisotopic (exact) mass is 241 g/mol. The molecule has 92 valence electrons. The third kappa shape index (κ3) is 3.10. The van der Waals surface area contributed by atoms with Gasteiger partial charge in [-0.3, -0.25) is 5.32 Å². The van der Waals surface area contributed by atoms with Crippen molar-refractivity contribution in [2.24, 2.45) is 0 Å². The quantitative estimate of drug-likeness (QED) is 0.886. The van der Waals surface area contributed by atoms with Gasteiger partial charge in [0.25, 0.3) is 0 Å².